The van der Waals surface area contributed by atoms with Gasteiger partial charge in [-0.05, 0) is 26.0 Å². The first-order valence-electron chi connectivity index (χ1n) is 7.26. The van der Waals surface area contributed by atoms with Crippen LogP contribution in [0.2, 0.25) is 5.02 Å². The van der Waals surface area contributed by atoms with E-state index in [4.69, 9.17) is 11.6 Å². The molecule has 25 heavy (non-hydrogen) atoms. The molecule has 0 amide bonds. The Morgan fingerprint density at radius 3 is 2.28 bits per heavy atom. The van der Waals surface area contributed by atoms with Crippen molar-refractivity contribution in [3.8, 4) is 0 Å². The van der Waals surface area contributed by atoms with Crippen molar-refractivity contribution in [1.29, 1.82) is 0 Å². The molecule has 0 radical (unpaired) electrons. The predicted octanol–water partition coefficient (Wildman–Crippen LogP) is 1.89. The van der Waals surface area contributed by atoms with Crippen molar-refractivity contribution >= 4 is 33.0 Å². The van der Waals surface area contributed by atoms with E-state index in [2.05, 4.69) is 5.10 Å². The minimum Gasteiger partial charge on any atom is -0.369 e. The van der Waals surface area contributed by atoms with E-state index in [-0.39, 0.29) is 19.7 Å². The maximum Gasteiger partial charge on any atom is 0.302 e. The number of benzene rings is 1. The first kappa shape index (κ1) is 18.9. The van der Waals surface area contributed by atoms with Gasteiger partial charge in [0.2, 0.25) is 0 Å². The summed E-state index contributed by atoms with van der Waals surface area (Å²) in [6.07, 6.45) is 1.21. The van der Waals surface area contributed by atoms with Crippen LogP contribution in [0, 0.1) is 10.1 Å². The predicted molar refractivity (Wildman–Crippen MR) is 92.7 cm³/mol. The fraction of sp³-hybridized carbons (Fsp3) is 0.286. The highest BCUT2D eigenvalue weighted by Crippen LogP contribution is 2.22. The van der Waals surface area contributed by atoms with Crippen LogP contribution in [-0.4, -0.2) is 35.6 Å². The summed E-state index contributed by atoms with van der Waals surface area (Å²) >= 11 is 6.04. The number of rotatable bonds is 6. The number of anilines is 1. The van der Waals surface area contributed by atoms with Crippen LogP contribution in [-0.2, 0) is 10.0 Å². The van der Waals surface area contributed by atoms with Crippen LogP contribution >= 0.6 is 11.6 Å². The Hall–Kier alpha value is -2.46. The van der Waals surface area contributed by atoms with Gasteiger partial charge in [-0.2, -0.15) is 13.5 Å². The molecule has 134 valence electrons. The lowest BCUT2D eigenvalue weighted by molar-refractivity contribution is -0.384. The summed E-state index contributed by atoms with van der Waals surface area (Å²) in [5.74, 6) is 0. The standard InChI is InChI=1S/C14H15ClN4O5S/c1-3-17(4-2)12-9-16-18(14(20)13(12)15)25(23,24)11-7-5-10(6-8-11)19(21)22/h5-9H,3-4H2,1-2H3. The molecule has 0 N–H and O–H groups in total. The summed E-state index contributed by atoms with van der Waals surface area (Å²) in [5, 5.41) is 14.1. The van der Waals surface area contributed by atoms with Crippen molar-refractivity contribution in [2.75, 3.05) is 18.0 Å². The second-order valence-corrected chi connectivity index (χ2v) is 7.07. The minimum absolute atomic E-state index is 0.260. The molecule has 0 unspecified atom stereocenters. The average molecular weight is 387 g/mol. The van der Waals surface area contributed by atoms with Gasteiger partial charge in [0, 0.05) is 25.2 Å². The average Bonchev–Trinajstić information content (AvgIpc) is 2.59. The molecule has 0 aliphatic heterocycles. The van der Waals surface area contributed by atoms with Crippen molar-refractivity contribution in [3.63, 3.8) is 0 Å². The molecule has 11 heteroatoms. The molecular weight excluding hydrogens is 372 g/mol. The summed E-state index contributed by atoms with van der Waals surface area (Å²) in [4.78, 5) is 23.8. The quantitative estimate of drug-likeness (QED) is 0.549. The topological polar surface area (TPSA) is 115 Å². The third kappa shape index (κ3) is 3.49. The van der Waals surface area contributed by atoms with Crippen molar-refractivity contribution in [2.45, 2.75) is 18.7 Å². The van der Waals surface area contributed by atoms with Gasteiger partial charge in [-0.25, -0.2) is 0 Å². The first-order valence-corrected chi connectivity index (χ1v) is 9.08. The summed E-state index contributed by atoms with van der Waals surface area (Å²) in [7, 11) is -4.32. The van der Waals surface area contributed by atoms with Gasteiger partial charge in [-0.15, -0.1) is 4.09 Å². The fourth-order valence-corrected chi connectivity index (χ4v) is 3.66. The van der Waals surface area contributed by atoms with E-state index in [0.29, 0.717) is 18.8 Å². The van der Waals surface area contributed by atoms with Crippen molar-refractivity contribution in [2.24, 2.45) is 0 Å². The number of aromatic nitrogens is 2. The molecule has 1 aromatic carbocycles. The number of nitro groups is 1. The Morgan fingerprint density at radius 2 is 1.80 bits per heavy atom. The zero-order chi connectivity index (χ0) is 18.8. The summed E-state index contributed by atoms with van der Waals surface area (Å²) in [6.45, 7) is 4.85. The molecule has 0 saturated heterocycles. The van der Waals surface area contributed by atoms with Gasteiger partial charge in [0.05, 0.1) is 21.7 Å². The van der Waals surface area contributed by atoms with Gasteiger partial charge in [0.25, 0.3) is 15.7 Å². The highest BCUT2D eigenvalue weighted by Gasteiger charge is 2.24. The monoisotopic (exact) mass is 386 g/mol. The number of non-ortho nitro benzene ring substituents is 1. The molecule has 9 nitrogen and oxygen atoms in total. The third-order valence-electron chi connectivity index (χ3n) is 3.55. The number of nitrogens with zero attached hydrogens (tertiary/aromatic N) is 4. The fourth-order valence-electron chi connectivity index (χ4n) is 2.21. The highest BCUT2D eigenvalue weighted by molar-refractivity contribution is 7.89. The van der Waals surface area contributed by atoms with Crippen LogP contribution in [0.1, 0.15) is 13.8 Å². The van der Waals surface area contributed by atoms with E-state index in [1.165, 1.54) is 6.20 Å². The van der Waals surface area contributed by atoms with E-state index in [1.54, 1.807) is 4.90 Å². The van der Waals surface area contributed by atoms with Gasteiger partial charge >= 0.3 is 5.56 Å². The Labute approximate surface area is 148 Å². The van der Waals surface area contributed by atoms with Crippen molar-refractivity contribution in [1.82, 2.24) is 9.19 Å². The molecule has 2 rings (SSSR count). The Morgan fingerprint density at radius 1 is 1.24 bits per heavy atom. The van der Waals surface area contributed by atoms with Crippen LogP contribution < -0.4 is 10.5 Å². The first-order chi connectivity index (χ1) is 11.7. The van der Waals surface area contributed by atoms with E-state index in [0.717, 1.165) is 24.3 Å². The molecule has 1 heterocycles. The summed E-state index contributed by atoms with van der Waals surface area (Å²) in [6, 6.07) is 4.13. The van der Waals surface area contributed by atoms with E-state index in [9.17, 15) is 23.3 Å². The van der Waals surface area contributed by atoms with Gasteiger partial charge in [0.15, 0.2) is 0 Å². The Balaban J connectivity index is 2.55. The molecule has 0 saturated carbocycles. The van der Waals surface area contributed by atoms with E-state index in [1.807, 2.05) is 13.8 Å². The Kier molecular flexibility index (Phi) is 5.43. The maximum atomic E-state index is 12.6. The summed E-state index contributed by atoms with van der Waals surface area (Å²) < 4.78 is 25.4. The number of halogens is 1. The number of hydrogen-bond donors (Lipinski definition) is 0. The van der Waals surface area contributed by atoms with Gasteiger partial charge in [-0.3, -0.25) is 14.9 Å². The molecular formula is C14H15ClN4O5S. The Bertz CT molecular complexity index is 952. The SMILES string of the molecule is CCN(CC)c1cnn(S(=O)(=O)c2ccc([N+](=O)[O-])cc2)c(=O)c1Cl. The molecule has 1 aromatic heterocycles. The minimum atomic E-state index is -4.32. The van der Waals surface area contributed by atoms with Crippen LogP contribution in [0.3, 0.4) is 0 Å². The number of hydrogen-bond acceptors (Lipinski definition) is 7. The van der Waals surface area contributed by atoms with Gasteiger partial charge in [-0.1, -0.05) is 11.6 Å². The van der Waals surface area contributed by atoms with Crippen molar-refractivity contribution in [3.05, 3.63) is 56.0 Å². The van der Waals surface area contributed by atoms with E-state index >= 15 is 0 Å². The van der Waals surface area contributed by atoms with E-state index < -0.39 is 20.5 Å². The number of nitro benzene ring substituents is 1. The zero-order valence-corrected chi connectivity index (χ0v) is 15.0. The van der Waals surface area contributed by atoms with Crippen LogP contribution in [0.15, 0.2) is 40.2 Å². The zero-order valence-electron chi connectivity index (χ0n) is 13.4. The molecule has 0 atom stereocenters. The summed E-state index contributed by atoms with van der Waals surface area (Å²) in [5.41, 5.74) is -0.912. The molecule has 0 spiro atoms. The lowest BCUT2D eigenvalue weighted by atomic mass is 10.3. The second-order valence-electron chi connectivity index (χ2n) is 4.92. The second kappa shape index (κ2) is 7.19. The molecule has 0 aliphatic carbocycles. The largest absolute Gasteiger partial charge is 0.369 e. The van der Waals surface area contributed by atoms with Crippen molar-refractivity contribution < 1.29 is 13.3 Å². The lowest BCUT2D eigenvalue weighted by Crippen LogP contribution is -2.33. The van der Waals surface area contributed by atoms with Gasteiger partial charge in [0.1, 0.15) is 5.02 Å². The third-order valence-corrected chi connectivity index (χ3v) is 5.49. The van der Waals surface area contributed by atoms with Crippen LogP contribution in [0.4, 0.5) is 11.4 Å². The molecule has 2 aromatic rings. The lowest BCUT2D eigenvalue weighted by Gasteiger charge is -2.21. The van der Waals surface area contributed by atoms with Crippen LogP contribution in [0.25, 0.3) is 0 Å². The molecule has 0 bridgehead atoms. The normalized spacial score (nSPS) is 11.3. The smallest absolute Gasteiger partial charge is 0.302 e. The molecule has 0 aliphatic rings. The van der Waals surface area contributed by atoms with Gasteiger partial charge < -0.3 is 4.90 Å². The maximum absolute atomic E-state index is 12.6. The highest BCUT2D eigenvalue weighted by atomic mass is 35.5. The molecule has 0 fully saturated rings. The van der Waals surface area contributed by atoms with Crippen LogP contribution in [0.5, 0.6) is 0 Å².